The van der Waals surface area contributed by atoms with Gasteiger partial charge in [-0.05, 0) is 38.1 Å². The maximum Gasteiger partial charge on any atom is 0.252 e. The van der Waals surface area contributed by atoms with Crippen LogP contribution in [0.5, 0.6) is 0 Å². The van der Waals surface area contributed by atoms with Gasteiger partial charge in [0.2, 0.25) is 5.91 Å². The first-order chi connectivity index (χ1) is 13.9. The molecule has 0 aromatic carbocycles. The van der Waals surface area contributed by atoms with Crippen LogP contribution in [-0.4, -0.2) is 86.3 Å². The summed E-state index contributed by atoms with van der Waals surface area (Å²) in [4.78, 5) is 16.8. The molecule has 0 radical (unpaired) electrons. The molecule has 2 saturated heterocycles. The normalized spacial score (nSPS) is 24.2. The van der Waals surface area contributed by atoms with E-state index in [-0.39, 0.29) is 18.9 Å². The van der Waals surface area contributed by atoms with Crippen LogP contribution in [0.1, 0.15) is 39.5 Å². The number of thiophene rings is 1. The molecule has 1 amide bonds. The molecule has 164 valence electrons. The molecule has 0 bridgehead atoms. The minimum absolute atomic E-state index is 0.0394. The summed E-state index contributed by atoms with van der Waals surface area (Å²) in [5.74, 6) is 0.0394. The fourth-order valence-electron chi connectivity index (χ4n) is 4.32. The predicted molar refractivity (Wildman–Crippen MR) is 117 cm³/mol. The summed E-state index contributed by atoms with van der Waals surface area (Å²) in [6.45, 7) is 8.79. The Hall–Kier alpha value is -1.00. The zero-order chi connectivity index (χ0) is 20.9. The highest BCUT2D eigenvalue weighted by molar-refractivity contribution is 7.91. The number of sulfonamides is 1. The van der Waals surface area contributed by atoms with Crippen molar-refractivity contribution in [3.8, 4) is 0 Å². The molecule has 0 spiro atoms. The lowest BCUT2D eigenvalue weighted by Crippen LogP contribution is -2.49. The Morgan fingerprint density at radius 2 is 1.90 bits per heavy atom. The molecule has 3 rings (SSSR count). The molecule has 2 atom stereocenters. The Balaban J connectivity index is 1.67. The van der Waals surface area contributed by atoms with Crippen LogP contribution in [0.15, 0.2) is 21.7 Å². The molecule has 2 aliphatic heterocycles. The van der Waals surface area contributed by atoms with Crippen molar-refractivity contribution in [3.63, 3.8) is 0 Å². The van der Waals surface area contributed by atoms with Crippen molar-refractivity contribution in [2.45, 2.75) is 55.8 Å². The van der Waals surface area contributed by atoms with E-state index in [0.29, 0.717) is 42.5 Å². The number of hydrogen-bond donors (Lipinski definition) is 1. The number of rotatable bonds is 8. The van der Waals surface area contributed by atoms with Gasteiger partial charge >= 0.3 is 0 Å². The second-order valence-corrected chi connectivity index (χ2v) is 11.2. The molecule has 0 aliphatic carbocycles. The van der Waals surface area contributed by atoms with E-state index in [1.165, 1.54) is 22.1 Å². The lowest BCUT2D eigenvalue weighted by Gasteiger charge is -2.40. The predicted octanol–water partition coefficient (Wildman–Crippen LogP) is 1.82. The van der Waals surface area contributed by atoms with E-state index < -0.39 is 10.0 Å². The Labute approximate surface area is 179 Å². The molecule has 2 fully saturated rings. The van der Waals surface area contributed by atoms with E-state index in [2.05, 4.69) is 24.1 Å². The number of likely N-dealkylation sites (tertiary alicyclic amines) is 1. The SMILES string of the molecule is C[C@@H]1CCC[C@H](C)N1CCN(CCC(=O)N1CCNCC1)S(=O)(=O)c1cccs1. The van der Waals surface area contributed by atoms with Crippen LogP contribution in [0.2, 0.25) is 0 Å². The Morgan fingerprint density at radius 3 is 2.52 bits per heavy atom. The smallest absolute Gasteiger partial charge is 0.252 e. The molecular weight excluding hydrogens is 408 g/mol. The summed E-state index contributed by atoms with van der Waals surface area (Å²) in [7, 11) is -3.58. The number of hydrogen-bond acceptors (Lipinski definition) is 6. The van der Waals surface area contributed by atoms with Crippen LogP contribution in [0, 0.1) is 0 Å². The van der Waals surface area contributed by atoms with Gasteiger partial charge in [-0.15, -0.1) is 11.3 Å². The Morgan fingerprint density at radius 1 is 1.21 bits per heavy atom. The second-order valence-electron chi connectivity index (χ2n) is 8.08. The van der Waals surface area contributed by atoms with Crippen molar-refractivity contribution in [3.05, 3.63) is 17.5 Å². The van der Waals surface area contributed by atoms with Crippen LogP contribution in [0.25, 0.3) is 0 Å². The molecule has 0 saturated carbocycles. The number of piperazine rings is 1. The summed E-state index contributed by atoms with van der Waals surface area (Å²) < 4.78 is 28.3. The molecule has 7 nitrogen and oxygen atoms in total. The number of nitrogens with one attached hydrogen (secondary N) is 1. The van der Waals surface area contributed by atoms with E-state index in [4.69, 9.17) is 0 Å². The summed E-state index contributed by atoms with van der Waals surface area (Å²) in [6, 6.07) is 4.34. The second kappa shape index (κ2) is 10.3. The number of carbonyl (C=O) groups excluding carboxylic acids is 1. The molecule has 0 unspecified atom stereocenters. The van der Waals surface area contributed by atoms with Crippen molar-refractivity contribution in [2.75, 3.05) is 45.8 Å². The third-order valence-corrected chi connectivity index (χ3v) is 9.39. The number of carbonyl (C=O) groups is 1. The van der Waals surface area contributed by atoms with Gasteiger partial charge in [-0.3, -0.25) is 9.69 Å². The minimum Gasteiger partial charge on any atom is -0.340 e. The van der Waals surface area contributed by atoms with Gasteiger partial charge in [0, 0.05) is 64.3 Å². The van der Waals surface area contributed by atoms with Gasteiger partial charge in [-0.25, -0.2) is 8.42 Å². The van der Waals surface area contributed by atoms with Crippen LogP contribution in [0.4, 0.5) is 0 Å². The number of piperidine rings is 1. The average molecular weight is 443 g/mol. The zero-order valence-corrected chi connectivity index (χ0v) is 19.2. The third kappa shape index (κ3) is 5.79. The Kier molecular flexibility index (Phi) is 8.09. The maximum atomic E-state index is 13.2. The van der Waals surface area contributed by atoms with Crippen molar-refractivity contribution >= 4 is 27.3 Å². The van der Waals surface area contributed by atoms with Gasteiger partial charge in [0.1, 0.15) is 4.21 Å². The number of nitrogens with zero attached hydrogens (tertiary/aromatic N) is 3. The van der Waals surface area contributed by atoms with E-state index in [1.54, 1.807) is 17.5 Å². The summed E-state index contributed by atoms with van der Waals surface area (Å²) in [5.41, 5.74) is 0. The van der Waals surface area contributed by atoms with E-state index >= 15 is 0 Å². The molecule has 29 heavy (non-hydrogen) atoms. The van der Waals surface area contributed by atoms with Crippen molar-refractivity contribution in [2.24, 2.45) is 0 Å². The highest BCUT2D eigenvalue weighted by atomic mass is 32.2. The number of amides is 1. The van der Waals surface area contributed by atoms with Crippen LogP contribution < -0.4 is 5.32 Å². The fourth-order valence-corrected chi connectivity index (χ4v) is 6.90. The van der Waals surface area contributed by atoms with Gasteiger partial charge in [0.05, 0.1) is 0 Å². The zero-order valence-electron chi connectivity index (χ0n) is 17.5. The summed E-state index contributed by atoms with van der Waals surface area (Å²) in [6.07, 6.45) is 3.78. The van der Waals surface area contributed by atoms with Crippen molar-refractivity contribution in [1.29, 1.82) is 0 Å². The summed E-state index contributed by atoms with van der Waals surface area (Å²) >= 11 is 1.24. The largest absolute Gasteiger partial charge is 0.340 e. The average Bonchev–Trinajstić information content (AvgIpc) is 3.26. The molecule has 1 N–H and O–H groups in total. The monoisotopic (exact) mass is 442 g/mol. The quantitative estimate of drug-likeness (QED) is 0.665. The standard InChI is InChI=1S/C20H34N4O3S2/c1-17-5-3-6-18(2)24(17)15-14-23(29(26,27)20-7-4-16-28-20)11-8-19(25)22-12-9-21-10-13-22/h4,7,16-18,21H,3,5-6,8-15H2,1-2H3/t17-,18+. The Bertz CT molecular complexity index is 738. The van der Waals surface area contributed by atoms with Crippen molar-refractivity contribution < 1.29 is 13.2 Å². The molecule has 1 aromatic rings. The first-order valence-electron chi connectivity index (χ1n) is 10.7. The first-order valence-corrected chi connectivity index (χ1v) is 13.0. The van der Waals surface area contributed by atoms with Crippen molar-refractivity contribution in [1.82, 2.24) is 19.4 Å². The highest BCUT2D eigenvalue weighted by Crippen LogP contribution is 2.24. The van der Waals surface area contributed by atoms with Gasteiger partial charge in [-0.2, -0.15) is 4.31 Å². The molecular formula is C20H34N4O3S2. The van der Waals surface area contributed by atoms with Crippen LogP contribution in [0.3, 0.4) is 0 Å². The fraction of sp³-hybridized carbons (Fsp3) is 0.750. The summed E-state index contributed by atoms with van der Waals surface area (Å²) in [5, 5.41) is 5.02. The molecule has 1 aromatic heterocycles. The highest BCUT2D eigenvalue weighted by Gasteiger charge is 2.30. The lowest BCUT2D eigenvalue weighted by atomic mass is 9.98. The van der Waals surface area contributed by atoms with E-state index in [0.717, 1.165) is 25.9 Å². The van der Waals surface area contributed by atoms with Gasteiger partial charge in [-0.1, -0.05) is 12.5 Å². The maximum absolute atomic E-state index is 13.2. The van der Waals surface area contributed by atoms with Gasteiger partial charge < -0.3 is 10.2 Å². The molecule has 2 aliphatic rings. The van der Waals surface area contributed by atoms with E-state index in [9.17, 15) is 13.2 Å². The van der Waals surface area contributed by atoms with Crippen LogP contribution >= 0.6 is 11.3 Å². The third-order valence-electron chi connectivity index (χ3n) is 6.12. The first kappa shape index (κ1) is 22.7. The van der Waals surface area contributed by atoms with Gasteiger partial charge in [0.25, 0.3) is 10.0 Å². The molecule has 3 heterocycles. The van der Waals surface area contributed by atoms with Gasteiger partial charge in [0.15, 0.2) is 0 Å². The van der Waals surface area contributed by atoms with E-state index in [1.807, 2.05) is 4.90 Å². The molecule has 9 heteroatoms. The lowest BCUT2D eigenvalue weighted by molar-refractivity contribution is -0.131. The van der Waals surface area contributed by atoms with Crippen LogP contribution in [-0.2, 0) is 14.8 Å². The minimum atomic E-state index is -3.58. The topological polar surface area (TPSA) is 73.0 Å².